The van der Waals surface area contributed by atoms with Gasteiger partial charge in [-0.1, -0.05) is 78.3 Å². The number of anilines is 1. The van der Waals surface area contributed by atoms with Crippen LogP contribution in [0.2, 0.25) is 5.02 Å². The fourth-order valence-electron chi connectivity index (χ4n) is 3.61. The fourth-order valence-corrected chi connectivity index (χ4v) is 3.79. The number of benzene rings is 3. The predicted octanol–water partition coefficient (Wildman–Crippen LogP) is 6.28. The second-order valence-corrected chi connectivity index (χ2v) is 7.90. The second-order valence-electron chi connectivity index (χ2n) is 7.47. The molecule has 0 atom stereocenters. The monoisotopic (exact) mass is 438 g/mol. The lowest BCUT2D eigenvalue weighted by molar-refractivity contribution is 0.102. The molecule has 156 valence electrons. The average Bonchev–Trinajstić information content (AvgIpc) is 3.26. The van der Waals surface area contributed by atoms with Crippen molar-refractivity contribution in [3.63, 3.8) is 0 Å². The number of hydrogen-bond acceptors (Lipinski definition) is 3. The van der Waals surface area contributed by atoms with Crippen molar-refractivity contribution in [2.45, 2.75) is 6.92 Å². The number of nitrogens with zero attached hydrogens (tertiary/aromatic N) is 3. The van der Waals surface area contributed by atoms with E-state index in [0.717, 1.165) is 28.1 Å². The first kappa shape index (κ1) is 20.0. The Morgan fingerprint density at radius 2 is 1.59 bits per heavy atom. The normalized spacial score (nSPS) is 10.9. The maximum atomic E-state index is 13.2. The summed E-state index contributed by atoms with van der Waals surface area (Å²) in [5.74, 6) is -0.290. The highest BCUT2D eigenvalue weighted by Gasteiger charge is 2.19. The van der Waals surface area contributed by atoms with Crippen molar-refractivity contribution < 1.29 is 4.79 Å². The molecule has 2 aromatic heterocycles. The van der Waals surface area contributed by atoms with E-state index in [9.17, 15) is 4.79 Å². The summed E-state index contributed by atoms with van der Waals surface area (Å²) in [5, 5.41) is 8.00. The molecule has 32 heavy (non-hydrogen) atoms. The lowest BCUT2D eigenvalue weighted by Gasteiger charge is -2.10. The molecule has 0 unspecified atom stereocenters. The second kappa shape index (κ2) is 8.29. The van der Waals surface area contributed by atoms with E-state index in [1.165, 1.54) is 0 Å². The van der Waals surface area contributed by atoms with Crippen molar-refractivity contribution in [1.29, 1.82) is 0 Å². The lowest BCUT2D eigenvalue weighted by Crippen LogP contribution is -2.13. The summed E-state index contributed by atoms with van der Waals surface area (Å²) in [6.45, 7) is 1.92. The van der Waals surface area contributed by atoms with Crippen LogP contribution in [0, 0.1) is 6.92 Å². The molecule has 0 saturated carbocycles. The standard InChI is InChI=1S/C26H19ClN4O/c1-17-12-13-20(27)14-22(17)30-26(32)21-16-28-31-24(19-10-6-3-7-11-19)15-23(29-25(21)31)18-8-4-2-5-9-18/h2-16H,1H3,(H,30,32). The Morgan fingerprint density at radius 3 is 2.31 bits per heavy atom. The van der Waals surface area contributed by atoms with Crippen LogP contribution in [0.4, 0.5) is 5.69 Å². The number of carbonyl (C=O) groups is 1. The van der Waals surface area contributed by atoms with Gasteiger partial charge in [-0.05, 0) is 30.7 Å². The minimum Gasteiger partial charge on any atom is -0.322 e. The molecule has 5 aromatic rings. The molecule has 0 aliphatic carbocycles. The Labute approximate surface area is 190 Å². The van der Waals surface area contributed by atoms with Gasteiger partial charge >= 0.3 is 0 Å². The number of aryl methyl sites for hydroxylation is 1. The summed E-state index contributed by atoms with van der Waals surface area (Å²) >= 11 is 6.12. The molecule has 0 spiro atoms. The highest BCUT2D eigenvalue weighted by Crippen LogP contribution is 2.28. The number of amides is 1. The van der Waals surface area contributed by atoms with Crippen LogP contribution in [0.1, 0.15) is 15.9 Å². The van der Waals surface area contributed by atoms with Gasteiger partial charge in [-0.15, -0.1) is 0 Å². The molecule has 6 heteroatoms. The molecule has 5 rings (SSSR count). The van der Waals surface area contributed by atoms with Crippen molar-refractivity contribution in [2.75, 3.05) is 5.32 Å². The van der Waals surface area contributed by atoms with Crippen molar-refractivity contribution in [3.05, 3.63) is 107 Å². The summed E-state index contributed by atoms with van der Waals surface area (Å²) in [7, 11) is 0. The first-order valence-corrected chi connectivity index (χ1v) is 10.5. The van der Waals surface area contributed by atoms with Gasteiger partial charge in [-0.25, -0.2) is 9.50 Å². The molecule has 1 N–H and O–H groups in total. The first-order chi connectivity index (χ1) is 15.6. The molecule has 3 aromatic carbocycles. The van der Waals surface area contributed by atoms with E-state index < -0.39 is 0 Å². The van der Waals surface area contributed by atoms with Crippen molar-refractivity contribution >= 4 is 28.8 Å². The molecule has 0 bridgehead atoms. The first-order valence-electron chi connectivity index (χ1n) is 10.2. The van der Waals surface area contributed by atoms with Gasteiger partial charge in [-0.3, -0.25) is 4.79 Å². The van der Waals surface area contributed by atoms with Crippen LogP contribution in [-0.4, -0.2) is 20.5 Å². The van der Waals surface area contributed by atoms with Crippen molar-refractivity contribution in [1.82, 2.24) is 14.6 Å². The van der Waals surface area contributed by atoms with Gasteiger partial charge in [-0.2, -0.15) is 5.10 Å². The third-order valence-electron chi connectivity index (χ3n) is 5.30. The topological polar surface area (TPSA) is 59.3 Å². The maximum Gasteiger partial charge on any atom is 0.261 e. The molecule has 1 amide bonds. The Morgan fingerprint density at radius 1 is 0.906 bits per heavy atom. The average molecular weight is 439 g/mol. The zero-order chi connectivity index (χ0) is 22.1. The zero-order valence-electron chi connectivity index (χ0n) is 17.3. The number of nitrogens with one attached hydrogen (secondary N) is 1. The Hall–Kier alpha value is -3.96. The minimum absolute atomic E-state index is 0.290. The zero-order valence-corrected chi connectivity index (χ0v) is 18.0. The summed E-state index contributed by atoms with van der Waals surface area (Å²) in [4.78, 5) is 18.0. The van der Waals surface area contributed by atoms with Crippen LogP contribution < -0.4 is 5.32 Å². The molecule has 0 saturated heterocycles. The summed E-state index contributed by atoms with van der Waals surface area (Å²) in [5.41, 5.74) is 6.02. The van der Waals surface area contributed by atoms with Crippen LogP contribution in [0.15, 0.2) is 91.1 Å². The SMILES string of the molecule is Cc1ccc(Cl)cc1NC(=O)c1cnn2c(-c3ccccc3)cc(-c3ccccc3)nc12. The van der Waals surface area contributed by atoms with Crippen LogP contribution in [0.25, 0.3) is 28.2 Å². The van der Waals surface area contributed by atoms with Gasteiger partial charge in [0.15, 0.2) is 5.65 Å². The summed E-state index contributed by atoms with van der Waals surface area (Å²) in [6.07, 6.45) is 1.55. The quantitative estimate of drug-likeness (QED) is 0.359. The number of rotatable bonds is 4. The molecule has 5 nitrogen and oxygen atoms in total. The van der Waals surface area contributed by atoms with E-state index in [0.29, 0.717) is 21.9 Å². The summed E-state index contributed by atoms with van der Waals surface area (Å²) in [6, 6.07) is 27.2. The smallest absolute Gasteiger partial charge is 0.261 e. The third kappa shape index (κ3) is 3.74. The van der Waals surface area contributed by atoms with E-state index in [4.69, 9.17) is 16.6 Å². The summed E-state index contributed by atoms with van der Waals surface area (Å²) < 4.78 is 1.71. The number of fused-ring (bicyclic) bond motifs is 1. The van der Waals surface area contributed by atoms with Gasteiger partial charge in [0, 0.05) is 21.8 Å². The highest BCUT2D eigenvalue weighted by atomic mass is 35.5. The van der Waals surface area contributed by atoms with E-state index in [1.54, 1.807) is 22.8 Å². The largest absolute Gasteiger partial charge is 0.322 e. The van der Waals surface area contributed by atoms with Crippen LogP contribution in [0.5, 0.6) is 0 Å². The predicted molar refractivity (Wildman–Crippen MR) is 128 cm³/mol. The van der Waals surface area contributed by atoms with E-state index in [-0.39, 0.29) is 5.91 Å². The van der Waals surface area contributed by atoms with Gasteiger partial charge in [0.2, 0.25) is 0 Å². The van der Waals surface area contributed by atoms with Gasteiger partial charge in [0.1, 0.15) is 5.56 Å². The van der Waals surface area contributed by atoms with Gasteiger partial charge in [0.25, 0.3) is 5.91 Å². The van der Waals surface area contributed by atoms with E-state index >= 15 is 0 Å². The van der Waals surface area contributed by atoms with Gasteiger partial charge in [0.05, 0.1) is 17.6 Å². The van der Waals surface area contributed by atoms with Crippen LogP contribution in [0.3, 0.4) is 0 Å². The van der Waals surface area contributed by atoms with Crippen LogP contribution >= 0.6 is 11.6 Å². The van der Waals surface area contributed by atoms with Gasteiger partial charge < -0.3 is 5.32 Å². The van der Waals surface area contributed by atoms with E-state index in [2.05, 4.69) is 10.4 Å². The molecule has 0 fully saturated rings. The van der Waals surface area contributed by atoms with Crippen molar-refractivity contribution in [3.8, 4) is 22.5 Å². The Balaban J connectivity index is 1.66. The van der Waals surface area contributed by atoms with E-state index in [1.807, 2.05) is 79.7 Å². The molecule has 0 aliphatic heterocycles. The molecule has 2 heterocycles. The molecular weight excluding hydrogens is 420 g/mol. The Kier molecular flexibility index (Phi) is 5.17. The van der Waals surface area contributed by atoms with Crippen molar-refractivity contribution in [2.24, 2.45) is 0 Å². The third-order valence-corrected chi connectivity index (χ3v) is 5.54. The highest BCUT2D eigenvalue weighted by molar-refractivity contribution is 6.31. The minimum atomic E-state index is -0.290. The maximum absolute atomic E-state index is 13.2. The molecular formula is C26H19ClN4O. The number of halogens is 1. The fraction of sp³-hybridized carbons (Fsp3) is 0.0385. The molecule has 0 aliphatic rings. The Bertz CT molecular complexity index is 1430. The number of aromatic nitrogens is 3. The molecule has 0 radical (unpaired) electrons. The van der Waals surface area contributed by atoms with Crippen LogP contribution in [-0.2, 0) is 0 Å². The number of hydrogen-bond donors (Lipinski definition) is 1. The lowest BCUT2D eigenvalue weighted by atomic mass is 10.1. The number of carbonyl (C=O) groups excluding carboxylic acids is 1.